The minimum Gasteiger partial charge on any atom is -0.396 e. The molecule has 0 aliphatic heterocycles. The monoisotopic (exact) mass is 319 g/mol. The highest BCUT2D eigenvalue weighted by Gasteiger charge is 2.24. The molecule has 1 aliphatic carbocycles. The minimum atomic E-state index is -0.00818. The van der Waals surface area contributed by atoms with E-state index >= 15 is 0 Å². The Bertz CT molecular complexity index is 455. The van der Waals surface area contributed by atoms with Gasteiger partial charge < -0.3 is 15.2 Å². The first-order chi connectivity index (χ1) is 11.2. The van der Waals surface area contributed by atoms with Gasteiger partial charge in [-0.25, -0.2) is 0 Å². The van der Waals surface area contributed by atoms with Crippen molar-refractivity contribution >= 4 is 5.91 Å². The topological polar surface area (TPSA) is 58.6 Å². The van der Waals surface area contributed by atoms with Gasteiger partial charge in [0.1, 0.15) is 0 Å². The van der Waals surface area contributed by atoms with Gasteiger partial charge in [-0.15, -0.1) is 0 Å². The number of hydrogen-bond acceptors (Lipinski definition) is 3. The van der Waals surface area contributed by atoms with Crippen LogP contribution in [0.4, 0.5) is 0 Å². The Morgan fingerprint density at radius 3 is 2.57 bits per heavy atom. The molecule has 1 fully saturated rings. The summed E-state index contributed by atoms with van der Waals surface area (Å²) in [5.41, 5.74) is 1.11. The molecule has 1 amide bonds. The summed E-state index contributed by atoms with van der Waals surface area (Å²) in [6, 6.07) is 10.0. The second kappa shape index (κ2) is 9.68. The summed E-state index contributed by atoms with van der Waals surface area (Å²) in [7, 11) is 1.77. The lowest BCUT2D eigenvalue weighted by atomic mass is 9.85. The third-order valence-electron chi connectivity index (χ3n) is 4.79. The highest BCUT2D eigenvalue weighted by molar-refractivity contribution is 5.76. The summed E-state index contributed by atoms with van der Waals surface area (Å²) in [5, 5.41) is 12.2. The van der Waals surface area contributed by atoms with E-state index < -0.39 is 0 Å². The van der Waals surface area contributed by atoms with E-state index in [1.165, 1.54) is 0 Å². The molecule has 0 heterocycles. The molecule has 0 spiro atoms. The smallest absolute Gasteiger partial charge is 0.220 e. The van der Waals surface area contributed by atoms with Crippen molar-refractivity contribution in [1.82, 2.24) is 5.32 Å². The molecule has 2 N–H and O–H groups in total. The van der Waals surface area contributed by atoms with Gasteiger partial charge in [0.2, 0.25) is 5.91 Å². The third kappa shape index (κ3) is 5.96. The first-order valence-corrected chi connectivity index (χ1v) is 8.71. The summed E-state index contributed by atoms with van der Waals surface area (Å²) < 4.78 is 5.39. The average Bonchev–Trinajstić information content (AvgIpc) is 2.60. The molecule has 0 bridgehead atoms. The van der Waals surface area contributed by atoms with Crippen LogP contribution in [-0.4, -0.2) is 30.8 Å². The Balaban J connectivity index is 1.85. The van der Waals surface area contributed by atoms with E-state index in [0.717, 1.165) is 37.7 Å². The fourth-order valence-corrected chi connectivity index (χ4v) is 3.39. The predicted molar refractivity (Wildman–Crippen MR) is 91.0 cm³/mol. The number of nitrogens with one attached hydrogen (secondary N) is 1. The summed E-state index contributed by atoms with van der Waals surface area (Å²) in [6.45, 7) is 0.153. The lowest BCUT2D eigenvalue weighted by Gasteiger charge is -2.28. The lowest BCUT2D eigenvalue weighted by Crippen LogP contribution is -2.31. The van der Waals surface area contributed by atoms with Gasteiger partial charge >= 0.3 is 0 Å². The molecular formula is C19H29NO3. The normalized spacial score (nSPS) is 22.5. The number of rotatable bonds is 8. The van der Waals surface area contributed by atoms with Crippen LogP contribution in [0.3, 0.4) is 0 Å². The van der Waals surface area contributed by atoms with Crippen LogP contribution in [0.15, 0.2) is 30.3 Å². The van der Waals surface area contributed by atoms with Crippen LogP contribution in [0.2, 0.25) is 0 Å². The van der Waals surface area contributed by atoms with Gasteiger partial charge in [0, 0.05) is 20.1 Å². The molecule has 0 radical (unpaired) electrons. The molecule has 1 aromatic rings. The van der Waals surface area contributed by atoms with E-state index in [9.17, 15) is 4.79 Å². The van der Waals surface area contributed by atoms with Crippen LogP contribution < -0.4 is 5.32 Å². The maximum Gasteiger partial charge on any atom is 0.220 e. The number of carbonyl (C=O) groups excluding carboxylic acids is 1. The number of hydrogen-bond donors (Lipinski definition) is 2. The van der Waals surface area contributed by atoms with E-state index in [1.54, 1.807) is 7.11 Å². The van der Waals surface area contributed by atoms with E-state index in [4.69, 9.17) is 9.84 Å². The molecule has 1 aromatic carbocycles. The Kier molecular flexibility index (Phi) is 7.56. The predicted octanol–water partition coefficient (Wildman–Crippen LogP) is 3.21. The second-order valence-corrected chi connectivity index (χ2v) is 6.48. The van der Waals surface area contributed by atoms with Crippen LogP contribution in [-0.2, 0) is 9.53 Å². The van der Waals surface area contributed by atoms with Crippen LogP contribution in [0.25, 0.3) is 0 Å². The zero-order valence-electron chi connectivity index (χ0n) is 14.0. The number of methoxy groups -OCH3 is 1. The summed E-state index contributed by atoms with van der Waals surface area (Å²) in [4.78, 5) is 12.4. The van der Waals surface area contributed by atoms with Crippen LogP contribution in [0.1, 0.15) is 56.6 Å². The number of aliphatic hydroxyl groups is 1. The summed E-state index contributed by atoms with van der Waals surface area (Å²) >= 11 is 0. The highest BCUT2D eigenvalue weighted by Crippen LogP contribution is 2.28. The number of benzene rings is 1. The molecule has 128 valence electrons. The molecular weight excluding hydrogens is 290 g/mol. The van der Waals surface area contributed by atoms with Gasteiger partial charge in [0.05, 0.1) is 12.1 Å². The van der Waals surface area contributed by atoms with Crippen molar-refractivity contribution in [3.63, 3.8) is 0 Å². The van der Waals surface area contributed by atoms with Crippen molar-refractivity contribution < 1.29 is 14.6 Å². The number of amides is 1. The van der Waals surface area contributed by atoms with Gasteiger partial charge in [-0.1, -0.05) is 30.3 Å². The molecule has 2 rings (SSSR count). The molecule has 4 nitrogen and oxygen atoms in total. The fourth-order valence-electron chi connectivity index (χ4n) is 3.39. The average molecular weight is 319 g/mol. The van der Waals surface area contributed by atoms with Crippen molar-refractivity contribution in [2.75, 3.05) is 13.7 Å². The van der Waals surface area contributed by atoms with Crippen molar-refractivity contribution in [1.29, 1.82) is 0 Å². The third-order valence-corrected chi connectivity index (χ3v) is 4.79. The van der Waals surface area contributed by atoms with Gasteiger partial charge in [0.25, 0.3) is 0 Å². The maximum absolute atomic E-state index is 12.4. The molecule has 23 heavy (non-hydrogen) atoms. The molecule has 1 aliphatic rings. The highest BCUT2D eigenvalue weighted by atomic mass is 16.5. The Labute approximate surface area is 139 Å². The van der Waals surface area contributed by atoms with Gasteiger partial charge in [0.15, 0.2) is 0 Å². The quantitative estimate of drug-likeness (QED) is 0.773. The van der Waals surface area contributed by atoms with E-state index in [-0.39, 0.29) is 18.6 Å². The molecule has 0 aromatic heterocycles. The Morgan fingerprint density at radius 1 is 1.26 bits per heavy atom. The molecule has 1 unspecified atom stereocenters. The Hall–Kier alpha value is -1.39. The van der Waals surface area contributed by atoms with Crippen LogP contribution in [0, 0.1) is 5.92 Å². The van der Waals surface area contributed by atoms with Crippen molar-refractivity contribution in [3.05, 3.63) is 35.9 Å². The number of aliphatic hydroxyl groups excluding tert-OH is 1. The fraction of sp³-hybridized carbons (Fsp3) is 0.632. The molecule has 4 heteroatoms. The maximum atomic E-state index is 12.4. The zero-order valence-corrected chi connectivity index (χ0v) is 14.0. The summed E-state index contributed by atoms with van der Waals surface area (Å²) in [5.74, 6) is 0.591. The second-order valence-electron chi connectivity index (χ2n) is 6.48. The minimum absolute atomic E-state index is 0.00818. The van der Waals surface area contributed by atoms with Gasteiger partial charge in [-0.2, -0.15) is 0 Å². The Morgan fingerprint density at radius 2 is 1.96 bits per heavy atom. The van der Waals surface area contributed by atoms with E-state index in [2.05, 4.69) is 5.32 Å². The summed E-state index contributed by atoms with van der Waals surface area (Å²) in [6.07, 6.45) is 6.68. The van der Waals surface area contributed by atoms with Gasteiger partial charge in [-0.05, 0) is 50.0 Å². The van der Waals surface area contributed by atoms with Crippen molar-refractivity contribution in [2.45, 2.75) is 57.1 Å². The van der Waals surface area contributed by atoms with Crippen LogP contribution in [0.5, 0.6) is 0 Å². The first kappa shape index (κ1) is 18.0. The van der Waals surface area contributed by atoms with Crippen LogP contribution >= 0.6 is 0 Å². The molecule has 1 atom stereocenters. The largest absolute Gasteiger partial charge is 0.396 e. The van der Waals surface area contributed by atoms with Gasteiger partial charge in [-0.3, -0.25) is 4.79 Å². The zero-order chi connectivity index (χ0) is 16.5. The van der Waals surface area contributed by atoms with Crippen molar-refractivity contribution in [3.8, 4) is 0 Å². The molecule has 1 saturated carbocycles. The van der Waals surface area contributed by atoms with Crippen molar-refractivity contribution in [2.24, 2.45) is 5.92 Å². The number of ether oxygens (including phenoxy) is 1. The SMILES string of the molecule is COC1CCC(CC(=O)NC(CCCO)c2ccccc2)CC1. The lowest BCUT2D eigenvalue weighted by molar-refractivity contribution is -0.123. The van der Waals surface area contributed by atoms with E-state index in [0.29, 0.717) is 24.9 Å². The first-order valence-electron chi connectivity index (χ1n) is 8.71. The molecule has 0 saturated heterocycles. The standard InChI is InChI=1S/C19H29NO3/c1-23-17-11-9-15(10-12-17)14-19(22)20-18(8-5-13-21)16-6-3-2-4-7-16/h2-4,6-7,15,17-18,21H,5,8-14H2,1H3,(H,20,22). The number of carbonyl (C=O) groups is 1. The van der Waals surface area contributed by atoms with E-state index in [1.807, 2.05) is 30.3 Å².